The van der Waals surface area contributed by atoms with E-state index in [-0.39, 0.29) is 0 Å². The number of benzene rings is 1. The molecule has 0 radical (unpaired) electrons. The van der Waals surface area contributed by atoms with Gasteiger partial charge in [0.25, 0.3) is 0 Å². The highest BCUT2D eigenvalue weighted by molar-refractivity contribution is 5.35. The summed E-state index contributed by atoms with van der Waals surface area (Å²) in [5, 5.41) is 0. The monoisotopic (exact) mass is 175 g/mol. The predicted octanol–water partition coefficient (Wildman–Crippen LogP) is 2.37. The van der Waals surface area contributed by atoms with Gasteiger partial charge in [-0.3, -0.25) is 0 Å². The van der Waals surface area contributed by atoms with Gasteiger partial charge in [-0.2, -0.15) is 0 Å². The van der Waals surface area contributed by atoms with Crippen molar-refractivity contribution >= 4 is 0 Å². The number of rotatable bonds is 3. The van der Waals surface area contributed by atoms with Crippen LogP contribution < -0.4 is 5.73 Å². The van der Waals surface area contributed by atoms with Crippen molar-refractivity contribution in [1.29, 1.82) is 0 Å². The lowest BCUT2D eigenvalue weighted by atomic mass is 10.0. The summed E-state index contributed by atoms with van der Waals surface area (Å²) >= 11 is 0. The zero-order chi connectivity index (χ0) is 9.26. The van der Waals surface area contributed by atoms with Crippen LogP contribution in [0, 0.1) is 6.92 Å². The summed E-state index contributed by atoms with van der Waals surface area (Å²) in [6.45, 7) is 2.97. The molecule has 1 nitrogen and oxygen atoms in total. The molecule has 0 aromatic heterocycles. The van der Waals surface area contributed by atoms with E-state index in [9.17, 15) is 0 Å². The molecule has 1 saturated carbocycles. The molecule has 2 N–H and O–H groups in total. The summed E-state index contributed by atoms with van der Waals surface area (Å²) in [5.74, 6) is 0.868. The third-order valence-electron chi connectivity index (χ3n) is 2.78. The van der Waals surface area contributed by atoms with Gasteiger partial charge in [0.2, 0.25) is 0 Å². The summed E-state index contributed by atoms with van der Waals surface area (Å²) in [6.07, 6.45) is 3.78. The fraction of sp³-hybridized carbons (Fsp3) is 0.500. The Kier molecular flexibility index (Phi) is 2.36. The van der Waals surface area contributed by atoms with Crippen LogP contribution in [0.2, 0.25) is 0 Å². The Morgan fingerprint density at radius 3 is 2.69 bits per heavy atom. The first-order valence-electron chi connectivity index (χ1n) is 5.11. The van der Waals surface area contributed by atoms with Crippen LogP contribution >= 0.6 is 0 Å². The number of hydrogen-bond donors (Lipinski definition) is 1. The van der Waals surface area contributed by atoms with Gasteiger partial charge in [-0.15, -0.1) is 0 Å². The summed E-state index contributed by atoms with van der Waals surface area (Å²) in [7, 11) is 0. The van der Waals surface area contributed by atoms with Crippen molar-refractivity contribution in [3.63, 3.8) is 0 Å². The third-order valence-corrected chi connectivity index (χ3v) is 2.78. The summed E-state index contributed by atoms with van der Waals surface area (Å²) < 4.78 is 0. The number of aryl methyl sites for hydroxylation is 1. The van der Waals surface area contributed by atoms with E-state index in [1.807, 2.05) is 0 Å². The topological polar surface area (TPSA) is 26.0 Å². The van der Waals surface area contributed by atoms with E-state index in [4.69, 9.17) is 5.73 Å². The van der Waals surface area contributed by atoms with Crippen molar-refractivity contribution in [2.45, 2.75) is 32.1 Å². The summed E-state index contributed by atoms with van der Waals surface area (Å²) in [5.41, 5.74) is 9.91. The van der Waals surface area contributed by atoms with Gasteiger partial charge >= 0.3 is 0 Å². The first kappa shape index (κ1) is 8.76. The third kappa shape index (κ3) is 1.92. The van der Waals surface area contributed by atoms with Gasteiger partial charge in [0.05, 0.1) is 0 Å². The van der Waals surface area contributed by atoms with Crippen LogP contribution in [0.5, 0.6) is 0 Å². The molecule has 13 heavy (non-hydrogen) atoms. The molecule has 0 heterocycles. The van der Waals surface area contributed by atoms with Crippen LogP contribution in [0.4, 0.5) is 0 Å². The summed E-state index contributed by atoms with van der Waals surface area (Å²) in [6, 6.07) is 6.81. The fourth-order valence-corrected chi connectivity index (χ4v) is 1.91. The van der Waals surface area contributed by atoms with Gasteiger partial charge < -0.3 is 5.73 Å². The second kappa shape index (κ2) is 3.51. The molecule has 0 amide bonds. The molecule has 1 aliphatic carbocycles. The molecule has 0 aliphatic heterocycles. The Hall–Kier alpha value is -0.820. The smallest absolute Gasteiger partial charge is 0.00367 e. The van der Waals surface area contributed by atoms with Crippen molar-refractivity contribution in [2.24, 2.45) is 5.73 Å². The highest BCUT2D eigenvalue weighted by Gasteiger charge is 2.24. The molecular formula is C12H17N. The van der Waals surface area contributed by atoms with Crippen molar-refractivity contribution in [1.82, 2.24) is 0 Å². The molecule has 1 aromatic carbocycles. The van der Waals surface area contributed by atoms with Crippen LogP contribution in [-0.2, 0) is 6.42 Å². The highest BCUT2D eigenvalue weighted by Crippen LogP contribution is 2.41. The molecule has 1 fully saturated rings. The molecule has 0 unspecified atom stereocenters. The minimum Gasteiger partial charge on any atom is -0.330 e. The lowest BCUT2D eigenvalue weighted by Gasteiger charge is -2.06. The molecule has 0 atom stereocenters. The van der Waals surface area contributed by atoms with E-state index < -0.39 is 0 Å². The van der Waals surface area contributed by atoms with Crippen molar-refractivity contribution < 1.29 is 0 Å². The zero-order valence-electron chi connectivity index (χ0n) is 8.22. The summed E-state index contributed by atoms with van der Waals surface area (Å²) in [4.78, 5) is 0. The quantitative estimate of drug-likeness (QED) is 0.750. The maximum atomic E-state index is 5.52. The molecule has 2 rings (SSSR count). The number of nitrogens with two attached hydrogens (primary N) is 1. The second-order valence-corrected chi connectivity index (χ2v) is 4.00. The van der Waals surface area contributed by atoms with Crippen LogP contribution in [0.25, 0.3) is 0 Å². The zero-order valence-corrected chi connectivity index (χ0v) is 8.22. The number of hydrogen-bond acceptors (Lipinski definition) is 1. The van der Waals surface area contributed by atoms with Crippen LogP contribution in [-0.4, -0.2) is 6.54 Å². The van der Waals surface area contributed by atoms with E-state index in [0.717, 1.165) is 18.9 Å². The average Bonchev–Trinajstić information content (AvgIpc) is 2.88. The molecule has 0 saturated heterocycles. The van der Waals surface area contributed by atoms with Crippen LogP contribution in [0.1, 0.15) is 35.4 Å². The standard InChI is InChI=1S/C12H17N/c1-9-8-10(6-7-13)2-5-12(9)11-3-4-11/h2,5,8,11H,3-4,6-7,13H2,1H3. The average molecular weight is 175 g/mol. The lowest BCUT2D eigenvalue weighted by molar-refractivity contribution is 0.960. The molecule has 1 aliphatic rings. The van der Waals surface area contributed by atoms with E-state index >= 15 is 0 Å². The first-order valence-corrected chi connectivity index (χ1v) is 5.11. The Labute approximate surface area is 80.0 Å². The fourth-order valence-electron chi connectivity index (χ4n) is 1.91. The molecular weight excluding hydrogens is 158 g/mol. The predicted molar refractivity (Wildman–Crippen MR) is 55.9 cm³/mol. The molecule has 0 spiro atoms. The SMILES string of the molecule is Cc1cc(CCN)ccc1C1CC1. The maximum absolute atomic E-state index is 5.52. The van der Waals surface area contributed by atoms with Gasteiger partial charge in [0, 0.05) is 0 Å². The van der Waals surface area contributed by atoms with Gasteiger partial charge in [0.1, 0.15) is 0 Å². The molecule has 0 bridgehead atoms. The van der Waals surface area contributed by atoms with E-state index in [2.05, 4.69) is 25.1 Å². The van der Waals surface area contributed by atoms with Crippen molar-refractivity contribution in [3.05, 3.63) is 34.9 Å². The van der Waals surface area contributed by atoms with Gasteiger partial charge in [-0.25, -0.2) is 0 Å². The minimum atomic E-state index is 0.752. The Balaban J connectivity index is 2.21. The normalized spacial score (nSPS) is 16.2. The Morgan fingerprint density at radius 1 is 1.38 bits per heavy atom. The Bertz CT molecular complexity index is 300. The lowest BCUT2D eigenvalue weighted by Crippen LogP contribution is -2.03. The minimum absolute atomic E-state index is 0.752. The first-order chi connectivity index (χ1) is 6.31. The Morgan fingerprint density at radius 2 is 2.15 bits per heavy atom. The second-order valence-electron chi connectivity index (χ2n) is 4.00. The largest absolute Gasteiger partial charge is 0.330 e. The van der Waals surface area contributed by atoms with Crippen LogP contribution in [0.3, 0.4) is 0 Å². The molecule has 1 aromatic rings. The van der Waals surface area contributed by atoms with Gasteiger partial charge in [-0.05, 0) is 55.3 Å². The van der Waals surface area contributed by atoms with E-state index in [1.165, 1.54) is 24.0 Å². The van der Waals surface area contributed by atoms with E-state index in [1.54, 1.807) is 5.56 Å². The maximum Gasteiger partial charge on any atom is -0.00367 e. The highest BCUT2D eigenvalue weighted by atomic mass is 14.5. The van der Waals surface area contributed by atoms with Crippen molar-refractivity contribution in [2.75, 3.05) is 6.54 Å². The van der Waals surface area contributed by atoms with E-state index in [0.29, 0.717) is 0 Å². The van der Waals surface area contributed by atoms with Crippen LogP contribution in [0.15, 0.2) is 18.2 Å². The molecule has 1 heteroatoms. The van der Waals surface area contributed by atoms with Crippen molar-refractivity contribution in [3.8, 4) is 0 Å². The molecule has 70 valence electrons. The van der Waals surface area contributed by atoms with Gasteiger partial charge in [-0.1, -0.05) is 18.2 Å². The van der Waals surface area contributed by atoms with Gasteiger partial charge in [0.15, 0.2) is 0 Å².